The van der Waals surface area contributed by atoms with Gasteiger partial charge in [0.2, 0.25) is 0 Å². The second kappa shape index (κ2) is 14.3. The van der Waals surface area contributed by atoms with Crippen molar-refractivity contribution in [3.8, 4) is 0 Å². The summed E-state index contributed by atoms with van der Waals surface area (Å²) in [5.74, 6) is 0. The van der Waals surface area contributed by atoms with Crippen molar-refractivity contribution in [3.05, 3.63) is 16.9 Å². The van der Waals surface area contributed by atoms with Gasteiger partial charge < -0.3 is 0 Å². The van der Waals surface area contributed by atoms with E-state index >= 15 is 0 Å². The van der Waals surface area contributed by atoms with Crippen molar-refractivity contribution in [2.75, 3.05) is 0 Å². The zero-order valence-electron chi connectivity index (χ0n) is 15.1. The van der Waals surface area contributed by atoms with Crippen molar-refractivity contribution >= 4 is 56.5 Å². The highest BCUT2D eigenvalue weighted by molar-refractivity contribution is 14.1. The van der Waals surface area contributed by atoms with Crippen LogP contribution in [0.5, 0.6) is 0 Å². The lowest BCUT2D eigenvalue weighted by Crippen LogP contribution is -1.95. The average molecular weight is 560 g/mol. The second-order valence-corrected chi connectivity index (χ2v) is 11.3. The predicted molar refractivity (Wildman–Crippen MR) is 124 cm³/mol. The van der Waals surface area contributed by atoms with Gasteiger partial charge in [-0.1, -0.05) is 78.1 Å². The van der Waals surface area contributed by atoms with Gasteiger partial charge in [0.15, 0.2) is 0 Å². The fraction of sp³-hybridized carbons (Fsp3) is 0.800. The molecule has 0 nitrogen and oxygen atoms in total. The van der Waals surface area contributed by atoms with E-state index in [0.29, 0.717) is 0 Å². The molecule has 3 heteroatoms. The molecule has 0 bridgehead atoms. The number of hydrogen-bond donors (Lipinski definition) is 0. The van der Waals surface area contributed by atoms with Crippen LogP contribution >= 0.6 is 56.5 Å². The maximum atomic E-state index is 2.57. The van der Waals surface area contributed by atoms with Crippen LogP contribution in [-0.2, 0) is 12.8 Å². The van der Waals surface area contributed by atoms with Gasteiger partial charge in [0, 0.05) is 0 Å². The number of thiophene rings is 1. The van der Waals surface area contributed by atoms with Crippen LogP contribution < -0.4 is 0 Å². The molecular formula is C20H34I2S. The molecule has 0 aliphatic rings. The molecule has 0 unspecified atom stereocenters. The molecule has 1 rings (SSSR count). The number of hydrogen-bond acceptors (Lipinski definition) is 1. The predicted octanol–water partition coefficient (Wildman–Crippen LogP) is 8.76. The highest BCUT2D eigenvalue weighted by Gasteiger charge is 2.14. The van der Waals surface area contributed by atoms with Gasteiger partial charge in [-0.15, -0.1) is 11.3 Å². The molecule has 0 aliphatic carbocycles. The molecule has 0 aliphatic heterocycles. The van der Waals surface area contributed by atoms with Gasteiger partial charge in [0.1, 0.15) is 0 Å². The fourth-order valence-corrected chi connectivity index (χ4v) is 7.73. The van der Waals surface area contributed by atoms with E-state index in [-0.39, 0.29) is 0 Å². The molecule has 0 N–H and O–H groups in total. The van der Waals surface area contributed by atoms with E-state index in [2.05, 4.69) is 59.0 Å². The molecule has 0 saturated heterocycles. The van der Waals surface area contributed by atoms with Crippen molar-refractivity contribution in [2.24, 2.45) is 0 Å². The zero-order chi connectivity index (χ0) is 16.9. The summed E-state index contributed by atoms with van der Waals surface area (Å²) in [6.45, 7) is 4.59. The van der Waals surface area contributed by atoms with Crippen LogP contribution in [0.3, 0.4) is 0 Å². The van der Waals surface area contributed by atoms with E-state index in [1.54, 1.807) is 16.9 Å². The van der Waals surface area contributed by atoms with Crippen LogP contribution in [0.1, 0.15) is 102 Å². The Morgan fingerprint density at radius 1 is 0.565 bits per heavy atom. The monoisotopic (exact) mass is 560 g/mol. The third-order valence-corrected chi connectivity index (χ3v) is 8.05. The van der Waals surface area contributed by atoms with E-state index in [9.17, 15) is 0 Å². The molecule has 134 valence electrons. The Kier molecular flexibility index (Phi) is 13.8. The molecule has 0 spiro atoms. The van der Waals surface area contributed by atoms with Crippen molar-refractivity contribution in [1.82, 2.24) is 0 Å². The van der Waals surface area contributed by atoms with E-state index in [1.165, 1.54) is 89.9 Å². The Morgan fingerprint density at radius 3 is 1.30 bits per heavy atom. The van der Waals surface area contributed by atoms with E-state index in [4.69, 9.17) is 0 Å². The molecule has 0 radical (unpaired) electrons. The Labute approximate surface area is 175 Å². The van der Waals surface area contributed by atoms with Gasteiger partial charge >= 0.3 is 0 Å². The van der Waals surface area contributed by atoms with Crippen LogP contribution in [0.25, 0.3) is 0 Å². The third kappa shape index (κ3) is 9.43. The minimum Gasteiger partial charge on any atom is -0.123 e. The van der Waals surface area contributed by atoms with Crippen LogP contribution in [0, 0.1) is 5.77 Å². The smallest absolute Gasteiger partial charge is 0.0699 e. The Balaban J connectivity index is 2.34. The summed E-state index contributed by atoms with van der Waals surface area (Å²) in [6, 6.07) is 0. The molecule has 0 atom stereocenters. The van der Waals surface area contributed by atoms with Crippen molar-refractivity contribution in [2.45, 2.75) is 104 Å². The van der Waals surface area contributed by atoms with Gasteiger partial charge in [0.25, 0.3) is 0 Å². The van der Waals surface area contributed by atoms with Crippen LogP contribution in [-0.4, -0.2) is 0 Å². The quantitative estimate of drug-likeness (QED) is 0.158. The zero-order valence-corrected chi connectivity index (χ0v) is 20.2. The van der Waals surface area contributed by atoms with Crippen molar-refractivity contribution < 1.29 is 0 Å². The van der Waals surface area contributed by atoms with Crippen LogP contribution in [0.2, 0.25) is 0 Å². The van der Waals surface area contributed by atoms with Crippen LogP contribution in [0.15, 0.2) is 0 Å². The van der Waals surface area contributed by atoms with Gasteiger partial charge in [-0.2, -0.15) is 0 Å². The number of rotatable bonds is 14. The third-order valence-electron chi connectivity index (χ3n) is 4.58. The van der Waals surface area contributed by atoms with E-state index < -0.39 is 0 Å². The molecule has 1 heterocycles. The number of unbranched alkanes of at least 4 members (excludes halogenated alkanes) is 10. The molecule has 1 aromatic rings. The largest absolute Gasteiger partial charge is 0.123 e. The summed E-state index contributed by atoms with van der Waals surface area (Å²) in [4.78, 5) is 0. The van der Waals surface area contributed by atoms with Crippen molar-refractivity contribution in [1.29, 1.82) is 0 Å². The van der Waals surface area contributed by atoms with Crippen molar-refractivity contribution in [3.63, 3.8) is 0 Å². The lowest BCUT2D eigenvalue weighted by molar-refractivity contribution is 0.599. The SMILES string of the molecule is CCCCCCCCc1c(I)sc(I)c1CCCCCCCC. The first-order chi connectivity index (χ1) is 11.2. The molecule has 1 aromatic heterocycles. The summed E-state index contributed by atoms with van der Waals surface area (Å²) in [5.41, 5.74) is 3.40. The maximum absolute atomic E-state index is 2.57. The lowest BCUT2D eigenvalue weighted by Gasteiger charge is -2.07. The fourth-order valence-electron chi connectivity index (χ4n) is 3.10. The Morgan fingerprint density at radius 2 is 0.913 bits per heavy atom. The summed E-state index contributed by atoms with van der Waals surface area (Å²) >= 11 is 7.16. The molecule has 0 aromatic carbocycles. The summed E-state index contributed by atoms with van der Waals surface area (Å²) < 4.78 is 3.11. The normalized spacial score (nSPS) is 11.3. The summed E-state index contributed by atoms with van der Waals surface area (Å²) in [5, 5.41) is 0. The summed E-state index contributed by atoms with van der Waals surface area (Å²) in [7, 11) is 0. The molecular weight excluding hydrogens is 526 g/mol. The Hall–Kier alpha value is 1.16. The number of halogens is 2. The van der Waals surface area contributed by atoms with Gasteiger partial charge in [-0.25, -0.2) is 0 Å². The summed E-state index contributed by atoms with van der Waals surface area (Å²) in [6.07, 6.45) is 19.5. The topological polar surface area (TPSA) is 0 Å². The second-order valence-electron chi connectivity index (χ2n) is 6.64. The first-order valence-electron chi connectivity index (χ1n) is 9.66. The lowest BCUT2D eigenvalue weighted by atomic mass is 10.0. The molecule has 23 heavy (non-hydrogen) atoms. The first kappa shape index (κ1) is 22.2. The highest BCUT2D eigenvalue weighted by atomic mass is 127. The minimum atomic E-state index is 1.31. The van der Waals surface area contributed by atoms with E-state index in [1.807, 2.05) is 11.3 Å². The molecule has 0 saturated carbocycles. The minimum absolute atomic E-state index is 1.31. The first-order valence-corrected chi connectivity index (χ1v) is 12.6. The van der Waals surface area contributed by atoms with Crippen LogP contribution in [0.4, 0.5) is 0 Å². The standard InChI is InChI=1S/C20H34I2S/c1-3-5-7-9-11-13-15-17-18(20(22)23-19(17)21)16-14-12-10-8-6-4-2/h3-16H2,1-2H3. The highest BCUT2D eigenvalue weighted by Crippen LogP contribution is 2.33. The van der Waals surface area contributed by atoms with Gasteiger partial charge in [-0.3, -0.25) is 0 Å². The molecule has 0 amide bonds. The molecule has 0 fully saturated rings. The Bertz CT molecular complexity index is 376. The van der Waals surface area contributed by atoms with E-state index in [0.717, 1.165) is 0 Å². The maximum Gasteiger partial charge on any atom is 0.0699 e. The average Bonchev–Trinajstić information content (AvgIpc) is 2.80. The van der Waals surface area contributed by atoms with Gasteiger partial charge in [0.05, 0.1) is 5.77 Å². The van der Waals surface area contributed by atoms with Gasteiger partial charge in [-0.05, 0) is 82.0 Å².